The first-order valence-corrected chi connectivity index (χ1v) is 12.1. The molecular weight excluding hydrogens is 428 g/mol. The van der Waals surface area contributed by atoms with Gasteiger partial charge in [0, 0.05) is 18.7 Å². The topological polar surface area (TPSA) is 108 Å². The van der Waals surface area contributed by atoms with Gasteiger partial charge in [0.15, 0.2) is 5.75 Å². The summed E-state index contributed by atoms with van der Waals surface area (Å²) in [5.74, 6) is -0.790. The molecule has 0 aromatic heterocycles. The average Bonchev–Trinajstić information content (AvgIpc) is 2.80. The molecule has 2 aromatic carbocycles. The molecule has 7 nitrogen and oxygen atoms in total. The molecular formula is C24H30N2O5S. The van der Waals surface area contributed by atoms with Crippen LogP contribution in [-0.2, 0) is 30.3 Å². The number of nitrogens with one attached hydrogen (secondary N) is 2. The maximum Gasteiger partial charge on any atom is 0.310 e. The SMILES string of the molecule is COC(=O)CC[S+]([O-])CC(=O)NCCCCCC(=O)Nc1cccc(-c2ccccc2)c1. The fraction of sp³-hybridized carbons (Fsp3) is 0.375. The molecule has 0 aliphatic heterocycles. The molecule has 32 heavy (non-hydrogen) atoms. The summed E-state index contributed by atoms with van der Waals surface area (Å²) in [5.41, 5.74) is 2.91. The Kier molecular flexibility index (Phi) is 11.3. The van der Waals surface area contributed by atoms with Crippen LogP contribution in [0.25, 0.3) is 11.1 Å². The Morgan fingerprint density at radius 2 is 1.66 bits per heavy atom. The number of ether oxygens (including phenoxy) is 1. The number of rotatable bonds is 13. The summed E-state index contributed by atoms with van der Waals surface area (Å²) < 4.78 is 16.2. The average molecular weight is 459 g/mol. The van der Waals surface area contributed by atoms with E-state index in [4.69, 9.17) is 0 Å². The van der Waals surface area contributed by atoms with Crippen LogP contribution in [-0.4, -0.2) is 47.5 Å². The van der Waals surface area contributed by atoms with Crippen molar-refractivity contribution < 1.29 is 23.7 Å². The van der Waals surface area contributed by atoms with Crippen LogP contribution in [0.4, 0.5) is 5.69 Å². The van der Waals surface area contributed by atoms with Crippen molar-refractivity contribution in [2.24, 2.45) is 0 Å². The van der Waals surface area contributed by atoms with Gasteiger partial charge in [0.05, 0.1) is 13.5 Å². The van der Waals surface area contributed by atoms with Crippen molar-refractivity contribution in [1.29, 1.82) is 0 Å². The van der Waals surface area contributed by atoms with Gasteiger partial charge in [0.1, 0.15) is 5.75 Å². The van der Waals surface area contributed by atoms with Crippen LogP contribution < -0.4 is 10.6 Å². The Balaban J connectivity index is 1.58. The molecule has 0 saturated heterocycles. The number of hydrogen-bond acceptors (Lipinski definition) is 5. The van der Waals surface area contributed by atoms with E-state index < -0.39 is 17.1 Å². The summed E-state index contributed by atoms with van der Waals surface area (Å²) in [7, 11) is 1.27. The van der Waals surface area contributed by atoms with E-state index in [1.54, 1.807) is 0 Å². The fourth-order valence-electron chi connectivity index (χ4n) is 3.01. The van der Waals surface area contributed by atoms with Gasteiger partial charge in [-0.1, -0.05) is 48.9 Å². The van der Waals surface area contributed by atoms with Crippen molar-refractivity contribution in [2.45, 2.75) is 32.1 Å². The zero-order valence-corrected chi connectivity index (χ0v) is 19.1. The largest absolute Gasteiger partial charge is 0.616 e. The summed E-state index contributed by atoms with van der Waals surface area (Å²) in [6.07, 6.45) is 2.68. The number of carbonyl (C=O) groups is 3. The first kappa shape index (κ1) is 25.4. The number of carbonyl (C=O) groups excluding carboxylic acids is 3. The van der Waals surface area contributed by atoms with Crippen LogP contribution in [0.3, 0.4) is 0 Å². The first-order valence-electron chi connectivity index (χ1n) is 10.6. The van der Waals surface area contributed by atoms with Gasteiger partial charge in [0.2, 0.25) is 5.91 Å². The van der Waals surface area contributed by atoms with Gasteiger partial charge in [-0.05, 0) is 47.3 Å². The molecule has 2 rings (SSSR count). The van der Waals surface area contributed by atoms with Crippen LogP contribution in [0.2, 0.25) is 0 Å². The van der Waals surface area contributed by atoms with E-state index >= 15 is 0 Å². The van der Waals surface area contributed by atoms with E-state index in [-0.39, 0.29) is 29.7 Å². The Labute approximate surface area is 192 Å². The maximum absolute atomic E-state index is 12.2. The number of esters is 1. The van der Waals surface area contributed by atoms with Crippen molar-refractivity contribution in [3.63, 3.8) is 0 Å². The van der Waals surface area contributed by atoms with E-state index in [1.807, 2.05) is 54.6 Å². The van der Waals surface area contributed by atoms with Crippen molar-refractivity contribution in [2.75, 3.05) is 30.5 Å². The normalized spacial score (nSPS) is 11.4. The lowest BCUT2D eigenvalue weighted by atomic mass is 10.1. The highest BCUT2D eigenvalue weighted by Gasteiger charge is 2.15. The monoisotopic (exact) mass is 458 g/mol. The highest BCUT2D eigenvalue weighted by Crippen LogP contribution is 2.22. The highest BCUT2D eigenvalue weighted by atomic mass is 32.2. The molecule has 0 heterocycles. The molecule has 2 amide bonds. The predicted octanol–water partition coefficient (Wildman–Crippen LogP) is 3.28. The smallest absolute Gasteiger partial charge is 0.310 e. The van der Waals surface area contributed by atoms with E-state index in [1.165, 1.54) is 7.11 Å². The molecule has 0 radical (unpaired) electrons. The zero-order valence-electron chi connectivity index (χ0n) is 18.3. The van der Waals surface area contributed by atoms with Crippen molar-refractivity contribution >= 4 is 34.6 Å². The van der Waals surface area contributed by atoms with Gasteiger partial charge in [-0.15, -0.1) is 0 Å². The van der Waals surface area contributed by atoms with E-state index in [2.05, 4.69) is 15.4 Å². The molecule has 0 saturated carbocycles. The Bertz CT molecular complexity index is 876. The summed E-state index contributed by atoms with van der Waals surface area (Å²) >= 11 is -1.39. The molecule has 0 aliphatic rings. The van der Waals surface area contributed by atoms with Crippen molar-refractivity contribution in [3.05, 3.63) is 54.6 Å². The number of hydrogen-bond donors (Lipinski definition) is 2. The lowest BCUT2D eigenvalue weighted by Crippen LogP contribution is -2.32. The van der Waals surface area contributed by atoms with E-state index in [9.17, 15) is 18.9 Å². The maximum atomic E-state index is 12.2. The van der Waals surface area contributed by atoms with Gasteiger partial charge >= 0.3 is 5.97 Å². The lowest BCUT2D eigenvalue weighted by molar-refractivity contribution is -0.140. The van der Waals surface area contributed by atoms with Crippen LogP contribution in [0.5, 0.6) is 0 Å². The standard InChI is InChI=1S/C24H30N2O5S/c1-31-24(29)14-16-32(30)18-23(28)25-15-7-3-6-13-22(27)26-21-12-8-11-20(17-21)19-9-4-2-5-10-19/h2,4-5,8-12,17H,3,6-7,13-16,18H2,1H3,(H,25,28)(H,26,27). The second-order valence-corrected chi connectivity index (χ2v) is 8.85. The molecule has 2 N–H and O–H groups in total. The van der Waals surface area contributed by atoms with Crippen LogP contribution in [0.15, 0.2) is 54.6 Å². The molecule has 1 unspecified atom stereocenters. The molecule has 172 valence electrons. The number of anilines is 1. The number of amides is 2. The van der Waals surface area contributed by atoms with Gasteiger partial charge in [-0.25, -0.2) is 0 Å². The highest BCUT2D eigenvalue weighted by molar-refractivity contribution is 7.92. The lowest BCUT2D eigenvalue weighted by Gasteiger charge is -2.10. The van der Waals surface area contributed by atoms with Crippen LogP contribution >= 0.6 is 0 Å². The second-order valence-electron chi connectivity index (χ2n) is 7.27. The Morgan fingerprint density at radius 3 is 2.41 bits per heavy atom. The van der Waals surface area contributed by atoms with Crippen molar-refractivity contribution in [1.82, 2.24) is 5.32 Å². The Hall–Kier alpha value is -2.84. The third kappa shape index (κ3) is 9.98. The second kappa shape index (κ2) is 14.3. The molecule has 2 aromatic rings. The predicted molar refractivity (Wildman–Crippen MR) is 126 cm³/mol. The minimum absolute atomic E-state index is 0.0367. The summed E-state index contributed by atoms with van der Waals surface area (Å²) in [6, 6.07) is 17.7. The number of unbranched alkanes of at least 4 members (excludes halogenated alkanes) is 2. The number of methoxy groups -OCH3 is 1. The fourth-order valence-corrected chi connectivity index (χ4v) is 3.95. The third-order valence-electron chi connectivity index (χ3n) is 4.71. The summed E-state index contributed by atoms with van der Waals surface area (Å²) in [4.78, 5) is 35.0. The van der Waals surface area contributed by atoms with Crippen molar-refractivity contribution in [3.8, 4) is 11.1 Å². The molecule has 0 aliphatic carbocycles. The van der Waals surface area contributed by atoms with Gasteiger partial charge in [-0.2, -0.15) is 0 Å². The number of benzene rings is 2. The van der Waals surface area contributed by atoms with Gasteiger partial charge in [0.25, 0.3) is 5.91 Å². The third-order valence-corrected chi connectivity index (χ3v) is 5.95. The molecule has 0 bridgehead atoms. The van der Waals surface area contributed by atoms with E-state index in [0.29, 0.717) is 19.4 Å². The minimum atomic E-state index is -1.39. The zero-order chi connectivity index (χ0) is 23.2. The van der Waals surface area contributed by atoms with Gasteiger partial charge in [-0.3, -0.25) is 14.4 Å². The molecule has 1 atom stereocenters. The quantitative estimate of drug-likeness (QED) is 0.272. The summed E-state index contributed by atoms with van der Waals surface area (Å²) in [5, 5.41) is 5.65. The molecule has 8 heteroatoms. The van der Waals surface area contributed by atoms with E-state index in [0.717, 1.165) is 29.7 Å². The van der Waals surface area contributed by atoms with Crippen LogP contribution in [0.1, 0.15) is 32.1 Å². The van der Waals surface area contributed by atoms with Gasteiger partial charge < -0.3 is 19.9 Å². The van der Waals surface area contributed by atoms with Crippen LogP contribution in [0, 0.1) is 0 Å². The Morgan fingerprint density at radius 1 is 0.906 bits per heavy atom. The molecule has 0 fully saturated rings. The first-order chi connectivity index (χ1) is 15.5. The summed E-state index contributed by atoms with van der Waals surface area (Å²) in [6.45, 7) is 0.466. The molecule has 0 spiro atoms. The minimum Gasteiger partial charge on any atom is -0.616 e.